The van der Waals surface area contributed by atoms with Crippen LogP contribution in [0.4, 0.5) is 0 Å². The van der Waals surface area contributed by atoms with E-state index in [1.165, 1.54) is 17.5 Å². The fourth-order valence-electron chi connectivity index (χ4n) is 1.76. The van der Waals surface area contributed by atoms with E-state index in [-0.39, 0.29) is 10.8 Å². The van der Waals surface area contributed by atoms with E-state index in [4.69, 9.17) is 0 Å². The monoisotopic (exact) mass is 290 g/mol. The first-order chi connectivity index (χ1) is 9.24. The Kier molecular flexibility index (Phi) is 3.27. The highest BCUT2D eigenvalue weighted by molar-refractivity contribution is 7.84. The Labute approximate surface area is 116 Å². The fraction of sp³-hybridized carbons (Fsp3) is 0.0769. The zero-order valence-electron chi connectivity index (χ0n) is 9.85. The minimum atomic E-state index is -1.37. The largest absolute Gasteiger partial charge is 0.618 e. The van der Waals surface area contributed by atoms with Crippen LogP contribution in [0, 0.1) is 5.21 Å². The summed E-state index contributed by atoms with van der Waals surface area (Å²) in [6.45, 7) is 0. The summed E-state index contributed by atoms with van der Waals surface area (Å²) in [6, 6.07) is 12.7. The van der Waals surface area contributed by atoms with Crippen LogP contribution in [0.1, 0.15) is 5.01 Å². The Balaban J connectivity index is 1.89. The molecule has 0 bridgehead atoms. The second-order valence-electron chi connectivity index (χ2n) is 3.93. The van der Waals surface area contributed by atoms with Gasteiger partial charge in [-0.2, -0.15) is 4.73 Å². The minimum absolute atomic E-state index is 0.266. The molecule has 3 aromatic rings. The molecule has 0 saturated carbocycles. The number of pyridine rings is 1. The third-order valence-corrected chi connectivity index (χ3v) is 5.15. The van der Waals surface area contributed by atoms with Crippen LogP contribution in [0.2, 0.25) is 0 Å². The highest BCUT2D eigenvalue weighted by Gasteiger charge is 2.16. The zero-order valence-corrected chi connectivity index (χ0v) is 11.5. The molecule has 6 heteroatoms. The molecule has 0 fully saturated rings. The van der Waals surface area contributed by atoms with Crippen LogP contribution < -0.4 is 4.73 Å². The number of rotatable bonds is 3. The van der Waals surface area contributed by atoms with Gasteiger partial charge in [0.1, 0.15) is 15.8 Å². The van der Waals surface area contributed by atoms with Crippen molar-refractivity contribution in [3.05, 3.63) is 58.9 Å². The van der Waals surface area contributed by atoms with Crippen LogP contribution in [-0.2, 0) is 16.6 Å². The molecule has 2 aromatic heterocycles. The van der Waals surface area contributed by atoms with Gasteiger partial charge in [-0.1, -0.05) is 12.1 Å². The molecule has 0 aliphatic heterocycles. The van der Waals surface area contributed by atoms with Gasteiger partial charge in [-0.15, -0.1) is 11.3 Å². The second-order valence-corrected chi connectivity index (χ2v) is 6.44. The van der Waals surface area contributed by atoms with Gasteiger partial charge in [0.25, 0.3) is 5.03 Å². The maximum Gasteiger partial charge on any atom is 0.281 e. The normalized spacial score (nSPS) is 12.6. The number of nitrogens with zero attached hydrogens (tertiary/aromatic N) is 2. The Morgan fingerprint density at radius 3 is 2.79 bits per heavy atom. The highest BCUT2D eigenvalue weighted by Crippen LogP contribution is 2.23. The van der Waals surface area contributed by atoms with Gasteiger partial charge in [-0.3, -0.25) is 0 Å². The van der Waals surface area contributed by atoms with Gasteiger partial charge in [0.2, 0.25) is 0 Å². The molecule has 0 aliphatic carbocycles. The predicted molar refractivity (Wildman–Crippen MR) is 75.1 cm³/mol. The Bertz CT molecular complexity index is 722. The van der Waals surface area contributed by atoms with Gasteiger partial charge < -0.3 is 5.21 Å². The van der Waals surface area contributed by atoms with Crippen molar-refractivity contribution in [3.63, 3.8) is 0 Å². The van der Waals surface area contributed by atoms with E-state index in [1.807, 2.05) is 24.3 Å². The molecular formula is C13H10N2O2S2. The molecule has 2 heterocycles. The summed E-state index contributed by atoms with van der Waals surface area (Å²) < 4.78 is 13.9. The molecule has 0 aliphatic rings. The molecule has 19 heavy (non-hydrogen) atoms. The summed E-state index contributed by atoms with van der Waals surface area (Å²) in [7, 11) is -1.37. The molecular weight excluding hydrogens is 280 g/mol. The summed E-state index contributed by atoms with van der Waals surface area (Å²) >= 11 is 1.51. The number of thiazole rings is 1. The van der Waals surface area contributed by atoms with E-state index >= 15 is 0 Å². The van der Waals surface area contributed by atoms with E-state index in [2.05, 4.69) is 4.98 Å². The third-order valence-electron chi connectivity index (χ3n) is 2.61. The van der Waals surface area contributed by atoms with E-state index in [0.717, 1.165) is 15.2 Å². The molecule has 1 atom stereocenters. The molecule has 0 N–H and O–H groups in total. The molecule has 1 aromatic carbocycles. The highest BCUT2D eigenvalue weighted by atomic mass is 32.2. The van der Waals surface area contributed by atoms with Crippen LogP contribution in [0.15, 0.2) is 53.7 Å². The van der Waals surface area contributed by atoms with Crippen LogP contribution in [0.25, 0.3) is 10.2 Å². The standard InChI is InChI=1S/C13H10N2O2S2/c16-15-8-4-3-7-13(15)19(17)9-12-14-10-5-1-2-6-11(10)18-12/h1-8H,9H2. The lowest BCUT2D eigenvalue weighted by Crippen LogP contribution is -2.31. The second kappa shape index (κ2) is 5.07. The van der Waals surface area contributed by atoms with Gasteiger partial charge in [0, 0.05) is 12.1 Å². The Morgan fingerprint density at radius 1 is 1.21 bits per heavy atom. The van der Waals surface area contributed by atoms with E-state index in [9.17, 15) is 9.42 Å². The average Bonchev–Trinajstić information content (AvgIpc) is 2.81. The maximum atomic E-state index is 12.2. The van der Waals surface area contributed by atoms with Crippen molar-refractivity contribution in [2.45, 2.75) is 10.8 Å². The maximum absolute atomic E-state index is 12.2. The lowest BCUT2D eigenvalue weighted by atomic mass is 10.3. The molecule has 4 nitrogen and oxygen atoms in total. The topological polar surface area (TPSA) is 56.9 Å². The van der Waals surface area contributed by atoms with Gasteiger partial charge in [0.05, 0.1) is 16.0 Å². The van der Waals surface area contributed by atoms with Gasteiger partial charge >= 0.3 is 0 Å². The summed E-state index contributed by atoms with van der Waals surface area (Å²) in [5.74, 6) is 0.269. The number of benzene rings is 1. The van der Waals surface area contributed by atoms with Crippen LogP contribution >= 0.6 is 11.3 Å². The lowest BCUT2D eigenvalue weighted by molar-refractivity contribution is -0.646. The number of hydrogen-bond donors (Lipinski definition) is 0. The van der Waals surface area contributed by atoms with Crippen LogP contribution in [-0.4, -0.2) is 9.19 Å². The summed E-state index contributed by atoms with van der Waals surface area (Å²) in [5, 5.41) is 12.6. The quantitative estimate of drug-likeness (QED) is 0.549. The molecule has 0 amide bonds. The van der Waals surface area contributed by atoms with Gasteiger partial charge in [-0.05, 0) is 18.2 Å². The van der Waals surface area contributed by atoms with Crippen molar-refractivity contribution >= 4 is 32.4 Å². The predicted octanol–water partition coefficient (Wildman–Crippen LogP) is 2.24. The fourth-order valence-corrected chi connectivity index (χ4v) is 4.00. The first kappa shape index (κ1) is 12.3. The zero-order chi connectivity index (χ0) is 13.2. The molecule has 1 unspecified atom stereocenters. The van der Waals surface area contributed by atoms with E-state index < -0.39 is 10.8 Å². The summed E-state index contributed by atoms with van der Waals surface area (Å²) in [5.41, 5.74) is 0.905. The lowest BCUT2D eigenvalue weighted by Gasteiger charge is -2.01. The number of aromatic nitrogens is 2. The van der Waals surface area contributed by atoms with E-state index in [0.29, 0.717) is 4.73 Å². The average molecular weight is 290 g/mol. The minimum Gasteiger partial charge on any atom is -0.618 e. The first-order valence-electron chi connectivity index (χ1n) is 5.65. The molecule has 3 rings (SSSR count). The van der Waals surface area contributed by atoms with Crippen LogP contribution in [0.3, 0.4) is 0 Å². The van der Waals surface area contributed by atoms with Crippen molar-refractivity contribution in [3.8, 4) is 0 Å². The summed E-state index contributed by atoms with van der Waals surface area (Å²) in [6.07, 6.45) is 1.35. The van der Waals surface area contributed by atoms with Crippen molar-refractivity contribution in [1.29, 1.82) is 0 Å². The SMILES string of the molecule is O=S(Cc1nc2ccccc2s1)c1cccc[n+]1[O-]. The van der Waals surface area contributed by atoms with Gasteiger partial charge in [-0.25, -0.2) is 9.19 Å². The number of fused-ring (bicyclic) bond motifs is 1. The van der Waals surface area contributed by atoms with Crippen molar-refractivity contribution < 1.29 is 8.94 Å². The molecule has 96 valence electrons. The van der Waals surface area contributed by atoms with Crippen molar-refractivity contribution in [2.75, 3.05) is 0 Å². The van der Waals surface area contributed by atoms with Crippen molar-refractivity contribution in [1.82, 2.24) is 4.98 Å². The molecule has 0 radical (unpaired) electrons. The summed E-state index contributed by atoms with van der Waals surface area (Å²) in [4.78, 5) is 4.42. The smallest absolute Gasteiger partial charge is 0.281 e. The number of para-hydroxylation sites is 1. The third kappa shape index (κ3) is 2.50. The molecule has 0 saturated heterocycles. The first-order valence-corrected chi connectivity index (χ1v) is 7.78. The van der Waals surface area contributed by atoms with Crippen LogP contribution in [0.5, 0.6) is 0 Å². The molecule has 0 spiro atoms. The van der Waals surface area contributed by atoms with Gasteiger partial charge in [0.15, 0.2) is 6.20 Å². The number of hydrogen-bond acceptors (Lipinski definition) is 4. The van der Waals surface area contributed by atoms with Crippen molar-refractivity contribution in [2.24, 2.45) is 0 Å². The van der Waals surface area contributed by atoms with E-state index in [1.54, 1.807) is 18.2 Å². The Hall–Kier alpha value is -1.79. The Morgan fingerprint density at radius 2 is 2.00 bits per heavy atom.